The summed E-state index contributed by atoms with van der Waals surface area (Å²) in [5, 5.41) is 0. The molecule has 1 aliphatic rings. The van der Waals surface area contributed by atoms with Crippen molar-refractivity contribution in [2.45, 2.75) is 32.1 Å². The molecule has 1 fully saturated rings. The van der Waals surface area contributed by atoms with Gasteiger partial charge in [-0.1, -0.05) is 43.2 Å². The predicted octanol–water partition coefficient (Wildman–Crippen LogP) is 2.99. The normalized spacial score (nSPS) is 19.4. The van der Waals surface area contributed by atoms with Crippen molar-refractivity contribution >= 4 is 6.29 Å². The minimum absolute atomic E-state index is 0.0403. The zero-order valence-electron chi connectivity index (χ0n) is 8.41. The minimum Gasteiger partial charge on any atom is -0.303 e. The molecule has 0 aromatic heterocycles. The molecule has 0 spiro atoms. The van der Waals surface area contributed by atoms with Crippen LogP contribution in [0, 0.1) is 5.41 Å². The molecule has 1 nitrogen and oxygen atoms in total. The van der Waals surface area contributed by atoms with Crippen LogP contribution in [0.5, 0.6) is 0 Å². The average molecular weight is 188 g/mol. The maximum absolute atomic E-state index is 11.1. The zero-order valence-corrected chi connectivity index (χ0v) is 8.41. The third-order valence-corrected chi connectivity index (χ3v) is 3.25. The van der Waals surface area contributed by atoms with Crippen molar-refractivity contribution in [3.63, 3.8) is 0 Å². The first-order valence-corrected chi connectivity index (χ1v) is 5.35. The van der Waals surface area contributed by atoms with Gasteiger partial charge in [-0.25, -0.2) is 0 Å². The Bertz CT molecular complexity index is 296. The molecule has 1 aromatic rings. The Morgan fingerprint density at radius 1 is 1.14 bits per heavy atom. The Labute approximate surface area is 85.1 Å². The van der Waals surface area contributed by atoms with E-state index in [0.29, 0.717) is 0 Å². The van der Waals surface area contributed by atoms with Gasteiger partial charge in [0, 0.05) is 5.41 Å². The van der Waals surface area contributed by atoms with E-state index in [-0.39, 0.29) is 5.41 Å². The van der Waals surface area contributed by atoms with E-state index < -0.39 is 0 Å². The highest BCUT2D eigenvalue weighted by molar-refractivity contribution is 5.60. The van der Waals surface area contributed by atoms with E-state index in [1.807, 2.05) is 18.2 Å². The van der Waals surface area contributed by atoms with Crippen LogP contribution >= 0.6 is 0 Å². The fraction of sp³-hybridized carbons (Fsp3) is 0.462. The van der Waals surface area contributed by atoms with Gasteiger partial charge in [-0.3, -0.25) is 0 Å². The molecule has 0 aliphatic heterocycles. The Morgan fingerprint density at radius 3 is 2.36 bits per heavy atom. The molecule has 0 saturated heterocycles. The van der Waals surface area contributed by atoms with Crippen molar-refractivity contribution in [3.8, 4) is 0 Å². The predicted molar refractivity (Wildman–Crippen MR) is 57.1 cm³/mol. The standard InChI is InChI=1S/C13H16O/c14-11-13(8-4-5-9-13)10-12-6-2-1-3-7-12/h1-3,6-7,11H,4-5,8-10H2. The van der Waals surface area contributed by atoms with Crippen molar-refractivity contribution in [1.82, 2.24) is 0 Å². The number of benzene rings is 1. The molecule has 0 bridgehead atoms. The lowest BCUT2D eigenvalue weighted by Crippen LogP contribution is -2.21. The van der Waals surface area contributed by atoms with Crippen LogP contribution in [-0.2, 0) is 11.2 Å². The second-order valence-electron chi connectivity index (χ2n) is 4.35. The Morgan fingerprint density at radius 2 is 1.79 bits per heavy atom. The molecular formula is C13H16O. The van der Waals surface area contributed by atoms with Gasteiger partial charge in [0.15, 0.2) is 0 Å². The SMILES string of the molecule is O=CC1(Cc2ccccc2)CCCC1. The summed E-state index contributed by atoms with van der Waals surface area (Å²) in [7, 11) is 0. The number of carbonyl (C=O) groups excluding carboxylic acids is 1. The Kier molecular flexibility index (Phi) is 2.67. The number of hydrogen-bond donors (Lipinski definition) is 0. The van der Waals surface area contributed by atoms with E-state index in [1.165, 1.54) is 24.7 Å². The molecule has 14 heavy (non-hydrogen) atoms. The van der Waals surface area contributed by atoms with Crippen molar-refractivity contribution in [2.24, 2.45) is 5.41 Å². The van der Waals surface area contributed by atoms with Crippen molar-refractivity contribution in [2.75, 3.05) is 0 Å². The second-order valence-corrected chi connectivity index (χ2v) is 4.35. The van der Waals surface area contributed by atoms with Gasteiger partial charge in [0.25, 0.3) is 0 Å². The van der Waals surface area contributed by atoms with Crippen LogP contribution in [0.2, 0.25) is 0 Å². The van der Waals surface area contributed by atoms with Gasteiger partial charge in [0.2, 0.25) is 0 Å². The lowest BCUT2D eigenvalue weighted by Gasteiger charge is -2.21. The molecule has 74 valence electrons. The fourth-order valence-corrected chi connectivity index (χ4v) is 2.42. The minimum atomic E-state index is -0.0403. The first-order chi connectivity index (χ1) is 6.85. The van der Waals surface area contributed by atoms with Crippen LogP contribution in [0.4, 0.5) is 0 Å². The summed E-state index contributed by atoms with van der Waals surface area (Å²) in [6.07, 6.45) is 6.69. The zero-order chi connectivity index (χ0) is 9.86. The number of hydrogen-bond acceptors (Lipinski definition) is 1. The maximum atomic E-state index is 11.1. The van der Waals surface area contributed by atoms with Crippen molar-refractivity contribution in [3.05, 3.63) is 35.9 Å². The van der Waals surface area contributed by atoms with Crippen LogP contribution in [0.1, 0.15) is 31.2 Å². The van der Waals surface area contributed by atoms with Gasteiger partial charge in [0.05, 0.1) is 0 Å². The van der Waals surface area contributed by atoms with Gasteiger partial charge in [-0.2, -0.15) is 0 Å². The van der Waals surface area contributed by atoms with Crippen LogP contribution in [-0.4, -0.2) is 6.29 Å². The van der Waals surface area contributed by atoms with Crippen LogP contribution < -0.4 is 0 Å². The van der Waals surface area contributed by atoms with Crippen LogP contribution in [0.3, 0.4) is 0 Å². The Balaban J connectivity index is 2.12. The van der Waals surface area contributed by atoms with E-state index in [9.17, 15) is 4.79 Å². The smallest absolute Gasteiger partial charge is 0.126 e. The summed E-state index contributed by atoms with van der Waals surface area (Å²) in [6, 6.07) is 10.3. The van der Waals surface area contributed by atoms with E-state index in [0.717, 1.165) is 19.3 Å². The fourth-order valence-electron chi connectivity index (χ4n) is 2.42. The number of rotatable bonds is 3. The van der Waals surface area contributed by atoms with E-state index in [2.05, 4.69) is 12.1 Å². The highest BCUT2D eigenvalue weighted by Gasteiger charge is 2.33. The molecule has 1 aromatic carbocycles. The molecule has 0 radical (unpaired) electrons. The number of aldehydes is 1. The average Bonchev–Trinajstić information content (AvgIpc) is 2.69. The van der Waals surface area contributed by atoms with Gasteiger partial charge in [0.1, 0.15) is 6.29 Å². The highest BCUT2D eigenvalue weighted by atomic mass is 16.1. The molecule has 0 amide bonds. The molecule has 0 N–H and O–H groups in total. The quantitative estimate of drug-likeness (QED) is 0.666. The second kappa shape index (κ2) is 3.95. The van der Waals surface area contributed by atoms with Crippen molar-refractivity contribution < 1.29 is 4.79 Å². The third-order valence-electron chi connectivity index (χ3n) is 3.25. The molecule has 0 unspecified atom stereocenters. The van der Waals surface area contributed by atoms with Gasteiger partial charge < -0.3 is 4.79 Å². The van der Waals surface area contributed by atoms with Crippen molar-refractivity contribution in [1.29, 1.82) is 0 Å². The summed E-state index contributed by atoms with van der Waals surface area (Å²) in [4.78, 5) is 11.1. The topological polar surface area (TPSA) is 17.1 Å². The molecule has 0 atom stereocenters. The molecular weight excluding hydrogens is 172 g/mol. The summed E-state index contributed by atoms with van der Waals surface area (Å²) < 4.78 is 0. The van der Waals surface area contributed by atoms with Crippen LogP contribution in [0.25, 0.3) is 0 Å². The summed E-state index contributed by atoms with van der Waals surface area (Å²) in [5.41, 5.74) is 1.25. The van der Waals surface area contributed by atoms with E-state index in [1.54, 1.807) is 0 Å². The van der Waals surface area contributed by atoms with E-state index in [4.69, 9.17) is 0 Å². The van der Waals surface area contributed by atoms with Gasteiger partial charge in [-0.05, 0) is 24.8 Å². The molecule has 1 aliphatic carbocycles. The number of carbonyl (C=O) groups is 1. The van der Waals surface area contributed by atoms with Gasteiger partial charge >= 0.3 is 0 Å². The Hall–Kier alpha value is -1.11. The highest BCUT2D eigenvalue weighted by Crippen LogP contribution is 2.38. The monoisotopic (exact) mass is 188 g/mol. The molecule has 0 heterocycles. The summed E-state index contributed by atoms with van der Waals surface area (Å²) in [6.45, 7) is 0. The first-order valence-electron chi connectivity index (χ1n) is 5.35. The molecule has 2 rings (SSSR count). The van der Waals surface area contributed by atoms with Crippen LogP contribution in [0.15, 0.2) is 30.3 Å². The van der Waals surface area contributed by atoms with Gasteiger partial charge in [-0.15, -0.1) is 0 Å². The third kappa shape index (κ3) is 1.87. The van der Waals surface area contributed by atoms with E-state index >= 15 is 0 Å². The maximum Gasteiger partial charge on any atom is 0.126 e. The first kappa shape index (κ1) is 9.45. The largest absolute Gasteiger partial charge is 0.303 e. The summed E-state index contributed by atoms with van der Waals surface area (Å²) in [5.74, 6) is 0. The lowest BCUT2D eigenvalue weighted by molar-refractivity contribution is -0.115. The molecule has 1 heteroatoms. The lowest BCUT2D eigenvalue weighted by atomic mass is 9.81. The summed E-state index contributed by atoms with van der Waals surface area (Å²) >= 11 is 0. The molecule has 1 saturated carbocycles.